The molecular formula is C15H24Cl2FN3O. The highest BCUT2D eigenvalue weighted by atomic mass is 35.5. The first-order chi connectivity index (χ1) is 9.56. The number of amides is 1. The van der Waals surface area contributed by atoms with Gasteiger partial charge in [-0.15, -0.1) is 24.8 Å². The number of carbonyl (C=O) groups excluding carboxylic acids is 1. The number of piperidine rings is 1. The van der Waals surface area contributed by atoms with Crippen molar-refractivity contribution < 1.29 is 9.18 Å². The molecular weight excluding hydrogens is 328 g/mol. The summed E-state index contributed by atoms with van der Waals surface area (Å²) in [7, 11) is 0. The molecule has 0 saturated carbocycles. The average molecular weight is 352 g/mol. The van der Waals surface area contributed by atoms with Crippen molar-refractivity contribution in [2.75, 3.05) is 23.7 Å². The number of halogens is 3. The van der Waals surface area contributed by atoms with Crippen LogP contribution in [0.15, 0.2) is 18.2 Å². The van der Waals surface area contributed by atoms with E-state index in [1.54, 1.807) is 6.07 Å². The van der Waals surface area contributed by atoms with Crippen molar-refractivity contribution in [1.29, 1.82) is 0 Å². The topological polar surface area (TPSA) is 53.2 Å². The number of carbonyl (C=O) groups is 1. The third-order valence-corrected chi connectivity index (χ3v) is 3.35. The van der Waals surface area contributed by atoms with Crippen LogP contribution in [0.25, 0.3) is 0 Å². The Morgan fingerprint density at radius 1 is 1.32 bits per heavy atom. The molecule has 1 amide bonds. The highest BCUT2D eigenvalue weighted by molar-refractivity contribution is 5.95. The first-order valence-corrected chi connectivity index (χ1v) is 7.14. The van der Waals surface area contributed by atoms with Crippen LogP contribution >= 0.6 is 24.8 Å². The van der Waals surface area contributed by atoms with Gasteiger partial charge in [-0.1, -0.05) is 0 Å². The summed E-state index contributed by atoms with van der Waals surface area (Å²) in [4.78, 5) is 12.2. The molecule has 0 bridgehead atoms. The van der Waals surface area contributed by atoms with E-state index in [0.29, 0.717) is 12.2 Å². The van der Waals surface area contributed by atoms with E-state index in [1.807, 2.05) is 13.8 Å². The SMILES string of the molecule is CC(C)Nc1ccc(F)cc1NC(=O)C1CCCNC1.Cl.Cl. The van der Waals surface area contributed by atoms with Crippen molar-refractivity contribution in [3.05, 3.63) is 24.0 Å². The predicted octanol–water partition coefficient (Wildman–Crippen LogP) is 3.43. The Bertz CT molecular complexity index is 480. The highest BCUT2D eigenvalue weighted by Crippen LogP contribution is 2.25. The molecule has 1 aliphatic rings. The summed E-state index contributed by atoms with van der Waals surface area (Å²) in [6.45, 7) is 5.65. The lowest BCUT2D eigenvalue weighted by molar-refractivity contribution is -0.120. The van der Waals surface area contributed by atoms with Crippen LogP contribution in [0.4, 0.5) is 15.8 Å². The minimum Gasteiger partial charge on any atom is -0.381 e. The number of hydrogen-bond donors (Lipinski definition) is 3. The number of nitrogens with one attached hydrogen (secondary N) is 3. The minimum atomic E-state index is -0.351. The summed E-state index contributed by atoms with van der Waals surface area (Å²) in [6, 6.07) is 4.62. The van der Waals surface area contributed by atoms with E-state index in [2.05, 4.69) is 16.0 Å². The van der Waals surface area contributed by atoms with Crippen LogP contribution in [-0.4, -0.2) is 25.0 Å². The van der Waals surface area contributed by atoms with Crippen LogP contribution in [0.3, 0.4) is 0 Å². The molecule has 1 fully saturated rings. The summed E-state index contributed by atoms with van der Waals surface area (Å²) < 4.78 is 13.4. The van der Waals surface area contributed by atoms with Gasteiger partial charge in [-0.05, 0) is 51.4 Å². The quantitative estimate of drug-likeness (QED) is 0.778. The molecule has 1 aliphatic heterocycles. The van der Waals surface area contributed by atoms with E-state index in [1.165, 1.54) is 12.1 Å². The Morgan fingerprint density at radius 2 is 2.05 bits per heavy atom. The highest BCUT2D eigenvalue weighted by Gasteiger charge is 2.21. The molecule has 1 saturated heterocycles. The van der Waals surface area contributed by atoms with Gasteiger partial charge in [0.15, 0.2) is 0 Å². The zero-order chi connectivity index (χ0) is 14.5. The minimum absolute atomic E-state index is 0. The Hall–Kier alpha value is -1.04. The van der Waals surface area contributed by atoms with Crippen molar-refractivity contribution in [3.63, 3.8) is 0 Å². The molecule has 1 heterocycles. The third kappa shape index (κ3) is 5.99. The molecule has 1 aromatic carbocycles. The van der Waals surface area contributed by atoms with Crippen molar-refractivity contribution in [1.82, 2.24) is 5.32 Å². The van der Waals surface area contributed by atoms with Crippen LogP contribution < -0.4 is 16.0 Å². The van der Waals surface area contributed by atoms with Gasteiger partial charge >= 0.3 is 0 Å². The molecule has 2 rings (SSSR count). The lowest BCUT2D eigenvalue weighted by atomic mass is 9.98. The first kappa shape index (κ1) is 21.0. The average Bonchev–Trinajstić information content (AvgIpc) is 2.42. The van der Waals surface area contributed by atoms with Crippen LogP contribution in [-0.2, 0) is 4.79 Å². The number of hydrogen-bond acceptors (Lipinski definition) is 3. The van der Waals surface area contributed by atoms with Gasteiger partial charge in [0.1, 0.15) is 5.82 Å². The van der Waals surface area contributed by atoms with Gasteiger partial charge in [-0.25, -0.2) is 4.39 Å². The number of rotatable bonds is 4. The van der Waals surface area contributed by atoms with Crippen LogP contribution in [0.1, 0.15) is 26.7 Å². The standard InChI is InChI=1S/C15H22FN3O.2ClH/c1-10(2)18-13-6-5-12(16)8-14(13)19-15(20)11-4-3-7-17-9-11;;/h5-6,8,10-11,17-18H,3-4,7,9H2,1-2H3,(H,19,20);2*1H. The van der Waals surface area contributed by atoms with Crippen LogP contribution in [0, 0.1) is 11.7 Å². The van der Waals surface area contributed by atoms with Gasteiger partial charge < -0.3 is 16.0 Å². The summed E-state index contributed by atoms with van der Waals surface area (Å²) in [6.07, 6.45) is 1.87. The smallest absolute Gasteiger partial charge is 0.228 e. The van der Waals surface area contributed by atoms with E-state index in [0.717, 1.165) is 25.1 Å². The molecule has 1 atom stereocenters. The van der Waals surface area contributed by atoms with Gasteiger partial charge in [0.05, 0.1) is 17.3 Å². The molecule has 1 unspecified atom stereocenters. The largest absolute Gasteiger partial charge is 0.381 e. The fourth-order valence-electron chi connectivity index (χ4n) is 2.37. The second-order valence-electron chi connectivity index (χ2n) is 5.52. The Balaban J connectivity index is 0.00000220. The first-order valence-electron chi connectivity index (χ1n) is 7.14. The van der Waals surface area contributed by atoms with Gasteiger partial charge in [0, 0.05) is 12.6 Å². The van der Waals surface area contributed by atoms with Gasteiger partial charge in [-0.2, -0.15) is 0 Å². The summed E-state index contributed by atoms with van der Waals surface area (Å²) in [5, 5.41) is 9.27. The van der Waals surface area contributed by atoms with Gasteiger partial charge in [-0.3, -0.25) is 4.79 Å². The maximum atomic E-state index is 13.4. The second-order valence-corrected chi connectivity index (χ2v) is 5.52. The molecule has 22 heavy (non-hydrogen) atoms. The zero-order valence-electron chi connectivity index (χ0n) is 12.8. The normalized spacial score (nSPS) is 17.2. The van der Waals surface area contributed by atoms with Crippen molar-refractivity contribution in [2.24, 2.45) is 5.92 Å². The fourth-order valence-corrected chi connectivity index (χ4v) is 2.37. The third-order valence-electron chi connectivity index (χ3n) is 3.35. The summed E-state index contributed by atoms with van der Waals surface area (Å²) >= 11 is 0. The Kier molecular flexibility index (Phi) is 9.41. The van der Waals surface area contributed by atoms with Crippen molar-refractivity contribution in [2.45, 2.75) is 32.7 Å². The van der Waals surface area contributed by atoms with Gasteiger partial charge in [0.2, 0.25) is 5.91 Å². The Labute approximate surface area is 143 Å². The predicted molar refractivity (Wildman–Crippen MR) is 93.9 cm³/mol. The van der Waals surface area contributed by atoms with Crippen molar-refractivity contribution in [3.8, 4) is 0 Å². The number of benzene rings is 1. The zero-order valence-corrected chi connectivity index (χ0v) is 14.5. The molecule has 3 N–H and O–H groups in total. The number of anilines is 2. The second kappa shape index (κ2) is 9.87. The monoisotopic (exact) mass is 351 g/mol. The molecule has 4 nitrogen and oxygen atoms in total. The Morgan fingerprint density at radius 3 is 2.64 bits per heavy atom. The van der Waals surface area contributed by atoms with E-state index in [9.17, 15) is 9.18 Å². The maximum absolute atomic E-state index is 13.4. The molecule has 1 aromatic rings. The lowest BCUT2D eigenvalue weighted by Crippen LogP contribution is -2.37. The maximum Gasteiger partial charge on any atom is 0.228 e. The van der Waals surface area contributed by atoms with Crippen LogP contribution in [0.5, 0.6) is 0 Å². The van der Waals surface area contributed by atoms with Crippen LogP contribution in [0.2, 0.25) is 0 Å². The molecule has 7 heteroatoms. The van der Waals surface area contributed by atoms with E-state index >= 15 is 0 Å². The van der Waals surface area contributed by atoms with Crippen molar-refractivity contribution >= 4 is 42.1 Å². The van der Waals surface area contributed by atoms with E-state index in [-0.39, 0.29) is 48.5 Å². The molecule has 0 aliphatic carbocycles. The summed E-state index contributed by atoms with van der Waals surface area (Å²) in [5.74, 6) is -0.440. The molecule has 0 aromatic heterocycles. The van der Waals surface area contributed by atoms with E-state index in [4.69, 9.17) is 0 Å². The van der Waals surface area contributed by atoms with E-state index < -0.39 is 0 Å². The molecule has 126 valence electrons. The lowest BCUT2D eigenvalue weighted by Gasteiger charge is -2.23. The molecule has 0 radical (unpaired) electrons. The van der Waals surface area contributed by atoms with Gasteiger partial charge in [0.25, 0.3) is 0 Å². The molecule has 0 spiro atoms. The fraction of sp³-hybridized carbons (Fsp3) is 0.533. The summed E-state index contributed by atoms with van der Waals surface area (Å²) in [5.41, 5.74) is 1.26.